The standard InChI is InChI=1S/C45H36N2/c1-45(2)40-17-9-10-19-43(40)47-42-29-28-37(30-39(42)38-16-11-18-41(45)44(38)47)46(35-24-20-33(21-25-35)31-12-5-3-6-13-31)36-26-22-34(23-27-36)32-14-7-4-8-15-32/h3-30,41,44H,1-2H3. The molecule has 0 saturated carbocycles. The Morgan fingerprint density at radius 1 is 0.532 bits per heavy atom. The highest BCUT2D eigenvalue weighted by atomic mass is 15.2. The molecule has 9 rings (SSSR count). The molecule has 0 radical (unpaired) electrons. The fraction of sp³-hybridized carbons (Fsp3) is 0.111. The average molecular weight is 605 g/mol. The minimum Gasteiger partial charge on any atom is -0.332 e. The van der Waals surface area contributed by atoms with Crippen molar-refractivity contribution in [2.75, 3.05) is 9.80 Å². The molecule has 226 valence electrons. The van der Waals surface area contributed by atoms with Gasteiger partial charge in [0.1, 0.15) is 0 Å². The molecule has 0 aromatic heterocycles. The minimum atomic E-state index is 0.0334. The van der Waals surface area contributed by atoms with Crippen molar-refractivity contribution in [3.63, 3.8) is 0 Å². The zero-order valence-corrected chi connectivity index (χ0v) is 26.7. The van der Waals surface area contributed by atoms with E-state index in [9.17, 15) is 0 Å². The second-order valence-corrected chi connectivity index (χ2v) is 13.4. The fourth-order valence-electron chi connectivity index (χ4n) is 8.12. The highest BCUT2D eigenvalue weighted by molar-refractivity contribution is 5.97. The molecule has 0 spiro atoms. The van der Waals surface area contributed by atoms with Gasteiger partial charge in [0.15, 0.2) is 0 Å². The molecule has 0 saturated heterocycles. The highest BCUT2D eigenvalue weighted by Crippen LogP contribution is 2.59. The van der Waals surface area contributed by atoms with Crippen LogP contribution in [0.25, 0.3) is 27.8 Å². The second kappa shape index (κ2) is 10.7. The van der Waals surface area contributed by atoms with Crippen LogP contribution in [0.5, 0.6) is 0 Å². The van der Waals surface area contributed by atoms with Crippen molar-refractivity contribution in [2.24, 2.45) is 5.92 Å². The van der Waals surface area contributed by atoms with Crippen LogP contribution in [0.1, 0.15) is 25.0 Å². The smallest absolute Gasteiger partial charge is 0.0669 e. The number of hydrogen-bond donors (Lipinski definition) is 0. The van der Waals surface area contributed by atoms with Crippen LogP contribution in [0.15, 0.2) is 170 Å². The van der Waals surface area contributed by atoms with Gasteiger partial charge in [-0.3, -0.25) is 0 Å². The number of fused-ring (bicyclic) bond motifs is 5. The van der Waals surface area contributed by atoms with Crippen molar-refractivity contribution in [3.05, 3.63) is 181 Å². The summed E-state index contributed by atoms with van der Waals surface area (Å²) in [5, 5.41) is 0. The van der Waals surface area contributed by atoms with Crippen LogP contribution in [0.2, 0.25) is 0 Å². The number of benzene rings is 6. The Kier molecular flexibility index (Phi) is 6.33. The number of allylic oxidation sites excluding steroid dienone is 2. The molecule has 47 heavy (non-hydrogen) atoms. The van der Waals surface area contributed by atoms with Crippen molar-refractivity contribution in [2.45, 2.75) is 25.3 Å². The summed E-state index contributed by atoms with van der Waals surface area (Å²) in [5.74, 6) is 0.389. The summed E-state index contributed by atoms with van der Waals surface area (Å²) in [4.78, 5) is 5.00. The highest BCUT2D eigenvalue weighted by Gasteiger charge is 2.51. The molecule has 2 nitrogen and oxygen atoms in total. The van der Waals surface area contributed by atoms with Gasteiger partial charge in [0.05, 0.1) is 6.04 Å². The van der Waals surface area contributed by atoms with E-state index in [4.69, 9.17) is 0 Å². The first-order valence-corrected chi connectivity index (χ1v) is 16.6. The summed E-state index contributed by atoms with van der Waals surface area (Å²) < 4.78 is 0. The third-order valence-corrected chi connectivity index (χ3v) is 10.5. The van der Waals surface area contributed by atoms with Crippen LogP contribution < -0.4 is 9.80 Å². The Labute approximate surface area is 277 Å². The Morgan fingerprint density at radius 2 is 1.06 bits per heavy atom. The lowest BCUT2D eigenvalue weighted by atomic mass is 9.64. The Morgan fingerprint density at radius 3 is 1.68 bits per heavy atom. The van der Waals surface area contributed by atoms with Crippen LogP contribution in [0, 0.1) is 5.92 Å². The zero-order valence-electron chi connectivity index (χ0n) is 26.7. The van der Waals surface area contributed by atoms with Crippen LogP contribution in [0.3, 0.4) is 0 Å². The third-order valence-electron chi connectivity index (χ3n) is 10.5. The molecule has 6 aromatic carbocycles. The minimum absolute atomic E-state index is 0.0334. The van der Waals surface area contributed by atoms with Crippen molar-refractivity contribution in [3.8, 4) is 22.3 Å². The summed E-state index contributed by atoms with van der Waals surface area (Å²) in [6.07, 6.45) is 7.06. The molecule has 2 unspecified atom stereocenters. The molecule has 0 amide bonds. The number of anilines is 5. The number of nitrogens with zero attached hydrogens (tertiary/aromatic N) is 2. The van der Waals surface area contributed by atoms with Crippen molar-refractivity contribution >= 4 is 34.0 Å². The average Bonchev–Trinajstić information content (AvgIpc) is 3.46. The van der Waals surface area contributed by atoms with Gasteiger partial charge in [0.2, 0.25) is 0 Å². The molecular weight excluding hydrogens is 569 g/mol. The first-order chi connectivity index (χ1) is 23.1. The predicted octanol–water partition coefficient (Wildman–Crippen LogP) is 11.9. The third kappa shape index (κ3) is 4.40. The normalized spacial score (nSPS) is 18.2. The van der Waals surface area contributed by atoms with Gasteiger partial charge in [-0.05, 0) is 81.9 Å². The maximum Gasteiger partial charge on any atom is 0.0669 e. The summed E-state index contributed by atoms with van der Waals surface area (Å²) in [7, 11) is 0. The van der Waals surface area contributed by atoms with Crippen molar-refractivity contribution < 1.29 is 0 Å². The maximum absolute atomic E-state index is 2.60. The van der Waals surface area contributed by atoms with Gasteiger partial charge in [-0.1, -0.05) is 135 Å². The molecule has 3 aliphatic rings. The molecule has 0 bridgehead atoms. The van der Waals surface area contributed by atoms with E-state index in [0.717, 1.165) is 17.1 Å². The van der Waals surface area contributed by atoms with Gasteiger partial charge in [-0.15, -0.1) is 0 Å². The number of rotatable bonds is 5. The van der Waals surface area contributed by atoms with E-state index in [-0.39, 0.29) is 5.41 Å². The Hall–Kier alpha value is -5.60. The Bertz CT molecular complexity index is 2070. The quantitative estimate of drug-likeness (QED) is 0.193. The predicted molar refractivity (Wildman–Crippen MR) is 198 cm³/mol. The summed E-state index contributed by atoms with van der Waals surface area (Å²) in [6.45, 7) is 4.82. The molecule has 2 aliphatic heterocycles. The first kappa shape index (κ1) is 27.7. The van der Waals surface area contributed by atoms with Gasteiger partial charge in [0.25, 0.3) is 0 Å². The maximum atomic E-state index is 2.60. The molecule has 6 aromatic rings. The largest absolute Gasteiger partial charge is 0.332 e. The molecule has 1 aliphatic carbocycles. The fourth-order valence-corrected chi connectivity index (χ4v) is 8.12. The van der Waals surface area contributed by atoms with E-state index in [0.29, 0.717) is 12.0 Å². The lowest BCUT2D eigenvalue weighted by molar-refractivity contribution is 0.341. The van der Waals surface area contributed by atoms with Crippen LogP contribution >= 0.6 is 0 Å². The molecule has 0 fully saturated rings. The van der Waals surface area contributed by atoms with Crippen molar-refractivity contribution in [1.29, 1.82) is 0 Å². The van der Waals surface area contributed by atoms with Gasteiger partial charge in [-0.25, -0.2) is 0 Å². The monoisotopic (exact) mass is 604 g/mol. The van der Waals surface area contributed by atoms with E-state index in [2.05, 4.69) is 194 Å². The lowest BCUT2D eigenvalue weighted by Gasteiger charge is -2.49. The molecule has 2 heterocycles. The van der Waals surface area contributed by atoms with Crippen LogP contribution in [-0.2, 0) is 5.41 Å². The number of para-hydroxylation sites is 1. The van der Waals surface area contributed by atoms with Crippen LogP contribution in [-0.4, -0.2) is 6.04 Å². The summed E-state index contributed by atoms with van der Waals surface area (Å²) >= 11 is 0. The van der Waals surface area contributed by atoms with E-state index in [1.165, 1.54) is 50.3 Å². The van der Waals surface area contributed by atoms with Gasteiger partial charge in [0, 0.05) is 45.3 Å². The zero-order chi connectivity index (χ0) is 31.5. The second-order valence-electron chi connectivity index (χ2n) is 13.4. The van der Waals surface area contributed by atoms with Gasteiger partial charge in [-0.2, -0.15) is 0 Å². The van der Waals surface area contributed by atoms with Gasteiger partial charge < -0.3 is 9.80 Å². The topological polar surface area (TPSA) is 6.48 Å². The molecule has 0 N–H and O–H groups in total. The molecule has 2 atom stereocenters. The SMILES string of the molecule is CC1(C)c2ccccc2N2c3ccc(N(c4ccc(-c5ccccc5)cc4)c4ccc(-c5ccccc5)cc4)cc3C3=CC=CC1C32. The van der Waals surface area contributed by atoms with Crippen molar-refractivity contribution in [1.82, 2.24) is 0 Å². The van der Waals surface area contributed by atoms with E-state index < -0.39 is 0 Å². The summed E-state index contributed by atoms with van der Waals surface area (Å²) in [5.41, 5.74) is 15.1. The van der Waals surface area contributed by atoms with Crippen LogP contribution in [0.4, 0.5) is 28.4 Å². The molecule has 2 heteroatoms. The van der Waals surface area contributed by atoms with Gasteiger partial charge >= 0.3 is 0 Å². The lowest BCUT2D eigenvalue weighted by Crippen LogP contribution is -2.48. The Balaban J connectivity index is 1.18. The molecular formula is C45H36N2. The summed E-state index contributed by atoms with van der Waals surface area (Å²) in [6, 6.07) is 55.5. The van der Waals surface area contributed by atoms with E-state index >= 15 is 0 Å². The van der Waals surface area contributed by atoms with E-state index in [1.54, 1.807) is 0 Å². The number of hydrogen-bond acceptors (Lipinski definition) is 2. The van der Waals surface area contributed by atoms with E-state index in [1.807, 2.05) is 0 Å². The first-order valence-electron chi connectivity index (χ1n) is 16.6.